The van der Waals surface area contributed by atoms with Crippen molar-refractivity contribution in [3.05, 3.63) is 36.5 Å². The van der Waals surface area contributed by atoms with Crippen molar-refractivity contribution >= 4 is 28.6 Å². The third-order valence-corrected chi connectivity index (χ3v) is 2.61. The molecule has 0 bridgehead atoms. The van der Waals surface area contributed by atoms with Gasteiger partial charge in [0.15, 0.2) is 0 Å². The maximum atomic E-state index is 11.8. The van der Waals surface area contributed by atoms with E-state index in [1.54, 1.807) is 24.4 Å². The molecule has 0 saturated heterocycles. The topological polar surface area (TPSA) is 82.5 Å². The molecule has 2 rings (SSSR count). The SMILES string of the molecule is CN(CC(=O)O)C(=O)Nc1cccc2ncccc12. The second kappa shape index (κ2) is 5.34. The summed E-state index contributed by atoms with van der Waals surface area (Å²) in [6, 6.07) is 8.51. The molecule has 1 aromatic carbocycles. The van der Waals surface area contributed by atoms with Crippen molar-refractivity contribution in [2.75, 3.05) is 18.9 Å². The van der Waals surface area contributed by atoms with Gasteiger partial charge in [-0.3, -0.25) is 9.78 Å². The van der Waals surface area contributed by atoms with Gasteiger partial charge in [-0.2, -0.15) is 0 Å². The van der Waals surface area contributed by atoms with Gasteiger partial charge in [0.1, 0.15) is 6.54 Å². The number of benzene rings is 1. The number of aromatic nitrogens is 1. The molecule has 0 aliphatic heterocycles. The molecule has 1 aromatic heterocycles. The highest BCUT2D eigenvalue weighted by atomic mass is 16.4. The maximum absolute atomic E-state index is 11.8. The number of nitrogens with zero attached hydrogens (tertiary/aromatic N) is 2. The van der Waals surface area contributed by atoms with Crippen LogP contribution in [0.5, 0.6) is 0 Å². The third-order valence-electron chi connectivity index (χ3n) is 2.61. The molecule has 0 aliphatic carbocycles. The Morgan fingerprint density at radius 2 is 2.11 bits per heavy atom. The lowest BCUT2D eigenvalue weighted by molar-refractivity contribution is -0.137. The molecule has 0 spiro atoms. The molecule has 0 fully saturated rings. The van der Waals surface area contributed by atoms with Crippen LogP contribution in [0.2, 0.25) is 0 Å². The van der Waals surface area contributed by atoms with Gasteiger partial charge in [0, 0.05) is 18.6 Å². The van der Waals surface area contributed by atoms with E-state index >= 15 is 0 Å². The van der Waals surface area contributed by atoms with E-state index < -0.39 is 12.0 Å². The number of carbonyl (C=O) groups excluding carboxylic acids is 1. The van der Waals surface area contributed by atoms with Crippen molar-refractivity contribution < 1.29 is 14.7 Å². The molecule has 0 unspecified atom stereocenters. The molecule has 98 valence electrons. The van der Waals surface area contributed by atoms with E-state index in [4.69, 9.17) is 5.11 Å². The van der Waals surface area contributed by atoms with E-state index in [0.29, 0.717) is 5.69 Å². The number of pyridine rings is 1. The Balaban J connectivity index is 2.22. The van der Waals surface area contributed by atoms with Crippen LogP contribution >= 0.6 is 0 Å². The molecule has 2 amide bonds. The number of rotatable bonds is 3. The summed E-state index contributed by atoms with van der Waals surface area (Å²) in [4.78, 5) is 27.6. The first-order valence-corrected chi connectivity index (χ1v) is 5.65. The summed E-state index contributed by atoms with van der Waals surface area (Å²) in [6.45, 7) is -0.352. The zero-order chi connectivity index (χ0) is 13.8. The number of hydrogen-bond acceptors (Lipinski definition) is 3. The van der Waals surface area contributed by atoms with Gasteiger partial charge < -0.3 is 15.3 Å². The molecule has 1 heterocycles. The standard InChI is InChI=1S/C13H13N3O3/c1-16(8-12(17)18)13(19)15-11-6-2-5-10-9(11)4-3-7-14-10/h2-7H,8H2,1H3,(H,15,19)(H,17,18). The average molecular weight is 259 g/mol. The van der Waals surface area contributed by atoms with E-state index in [9.17, 15) is 9.59 Å². The summed E-state index contributed by atoms with van der Waals surface area (Å²) >= 11 is 0. The Labute approximate surface area is 109 Å². The lowest BCUT2D eigenvalue weighted by Gasteiger charge is -2.16. The van der Waals surface area contributed by atoms with Crippen molar-refractivity contribution in [2.45, 2.75) is 0 Å². The molecule has 2 N–H and O–H groups in total. The van der Waals surface area contributed by atoms with Crippen LogP contribution in [0.3, 0.4) is 0 Å². The molecular formula is C13H13N3O3. The number of carbonyl (C=O) groups is 2. The highest BCUT2D eigenvalue weighted by molar-refractivity contribution is 6.00. The van der Waals surface area contributed by atoms with Gasteiger partial charge >= 0.3 is 12.0 Å². The largest absolute Gasteiger partial charge is 0.480 e. The Kier molecular flexibility index (Phi) is 3.61. The first kappa shape index (κ1) is 12.8. The summed E-state index contributed by atoms with van der Waals surface area (Å²) < 4.78 is 0. The van der Waals surface area contributed by atoms with Crippen molar-refractivity contribution in [3.8, 4) is 0 Å². The van der Waals surface area contributed by atoms with Crippen LogP contribution in [0.25, 0.3) is 10.9 Å². The number of fused-ring (bicyclic) bond motifs is 1. The Bertz CT molecular complexity index is 622. The summed E-state index contributed by atoms with van der Waals surface area (Å²) in [6.07, 6.45) is 1.67. The molecular weight excluding hydrogens is 246 g/mol. The summed E-state index contributed by atoms with van der Waals surface area (Å²) in [5.41, 5.74) is 1.37. The van der Waals surface area contributed by atoms with Gasteiger partial charge in [-0.25, -0.2) is 4.79 Å². The molecule has 0 aliphatic rings. The Morgan fingerprint density at radius 3 is 2.84 bits per heavy atom. The van der Waals surface area contributed by atoms with Gasteiger partial charge in [-0.15, -0.1) is 0 Å². The quantitative estimate of drug-likeness (QED) is 0.880. The number of carboxylic acid groups (broad SMARTS) is 1. The van der Waals surface area contributed by atoms with Crippen molar-refractivity contribution in [3.63, 3.8) is 0 Å². The number of anilines is 1. The summed E-state index contributed by atoms with van der Waals surface area (Å²) in [5, 5.41) is 12.1. The molecule has 0 saturated carbocycles. The zero-order valence-corrected chi connectivity index (χ0v) is 10.3. The van der Waals surface area contributed by atoms with Crippen molar-refractivity contribution in [1.29, 1.82) is 0 Å². The number of aliphatic carboxylic acids is 1. The molecule has 0 atom stereocenters. The Hall–Kier alpha value is -2.63. The molecule has 19 heavy (non-hydrogen) atoms. The van der Waals surface area contributed by atoms with E-state index in [0.717, 1.165) is 15.8 Å². The second-order valence-corrected chi connectivity index (χ2v) is 4.06. The van der Waals surface area contributed by atoms with Crippen molar-refractivity contribution in [1.82, 2.24) is 9.88 Å². The number of nitrogens with one attached hydrogen (secondary N) is 1. The highest BCUT2D eigenvalue weighted by Gasteiger charge is 2.13. The lowest BCUT2D eigenvalue weighted by Crippen LogP contribution is -2.35. The van der Waals surface area contributed by atoms with E-state index in [1.165, 1.54) is 7.05 Å². The van der Waals surface area contributed by atoms with Crippen molar-refractivity contribution in [2.24, 2.45) is 0 Å². The average Bonchev–Trinajstić information content (AvgIpc) is 2.38. The summed E-state index contributed by atoms with van der Waals surface area (Å²) in [5.74, 6) is -1.06. The van der Waals surface area contributed by atoms with Gasteiger partial charge in [0.25, 0.3) is 0 Å². The number of urea groups is 1. The van der Waals surface area contributed by atoms with E-state index in [1.807, 2.05) is 12.1 Å². The van der Waals surface area contributed by atoms with Crippen LogP contribution in [-0.4, -0.2) is 40.6 Å². The fourth-order valence-electron chi connectivity index (χ4n) is 1.70. The smallest absolute Gasteiger partial charge is 0.323 e. The first-order chi connectivity index (χ1) is 9.08. The minimum Gasteiger partial charge on any atom is -0.480 e. The van der Waals surface area contributed by atoms with Gasteiger partial charge in [-0.1, -0.05) is 6.07 Å². The monoisotopic (exact) mass is 259 g/mol. The van der Waals surface area contributed by atoms with Crippen LogP contribution in [0, 0.1) is 0 Å². The summed E-state index contributed by atoms with van der Waals surface area (Å²) in [7, 11) is 1.42. The van der Waals surface area contributed by atoms with Crippen LogP contribution in [-0.2, 0) is 4.79 Å². The fourth-order valence-corrected chi connectivity index (χ4v) is 1.70. The second-order valence-electron chi connectivity index (χ2n) is 4.06. The first-order valence-electron chi connectivity index (χ1n) is 5.65. The molecule has 6 heteroatoms. The van der Waals surface area contributed by atoms with Gasteiger partial charge in [0.2, 0.25) is 0 Å². The van der Waals surface area contributed by atoms with E-state index in [-0.39, 0.29) is 6.54 Å². The lowest BCUT2D eigenvalue weighted by atomic mass is 10.2. The van der Waals surface area contributed by atoms with Crippen LogP contribution < -0.4 is 5.32 Å². The minimum atomic E-state index is -1.06. The highest BCUT2D eigenvalue weighted by Crippen LogP contribution is 2.21. The molecule has 2 aromatic rings. The number of carboxylic acids is 1. The Morgan fingerprint density at radius 1 is 1.32 bits per heavy atom. The zero-order valence-electron chi connectivity index (χ0n) is 10.3. The van der Waals surface area contributed by atoms with Crippen LogP contribution in [0.4, 0.5) is 10.5 Å². The third kappa shape index (κ3) is 2.98. The van der Waals surface area contributed by atoms with Gasteiger partial charge in [-0.05, 0) is 24.3 Å². The normalized spacial score (nSPS) is 10.2. The molecule has 6 nitrogen and oxygen atoms in total. The minimum absolute atomic E-state index is 0.352. The van der Waals surface area contributed by atoms with Gasteiger partial charge in [0.05, 0.1) is 11.2 Å². The predicted octanol–water partition coefficient (Wildman–Crippen LogP) is 1.78. The number of amides is 2. The predicted molar refractivity (Wildman–Crippen MR) is 71.0 cm³/mol. The number of likely N-dealkylation sites (N-methyl/N-ethyl adjacent to an activating group) is 1. The maximum Gasteiger partial charge on any atom is 0.323 e. The van der Waals surface area contributed by atoms with Crippen LogP contribution in [0.1, 0.15) is 0 Å². The molecule has 0 radical (unpaired) electrons. The fraction of sp³-hybridized carbons (Fsp3) is 0.154. The number of hydrogen-bond donors (Lipinski definition) is 2. The van der Waals surface area contributed by atoms with E-state index in [2.05, 4.69) is 10.3 Å². The van der Waals surface area contributed by atoms with Crippen LogP contribution in [0.15, 0.2) is 36.5 Å².